The van der Waals surface area contributed by atoms with Crippen molar-refractivity contribution in [3.8, 4) is 5.75 Å². The highest BCUT2D eigenvalue weighted by Gasteiger charge is 2.45. The quantitative estimate of drug-likeness (QED) is 0.453. The zero-order chi connectivity index (χ0) is 21.7. The monoisotopic (exact) mass is 432 g/mol. The predicted octanol–water partition coefficient (Wildman–Crippen LogP) is 5.01. The van der Waals surface area contributed by atoms with E-state index in [1.54, 1.807) is 17.0 Å². The average molecular weight is 433 g/mol. The molecule has 0 saturated heterocycles. The van der Waals surface area contributed by atoms with Gasteiger partial charge < -0.3 is 9.15 Å². The molecule has 0 N–H and O–H groups in total. The third kappa shape index (κ3) is 3.13. The third-order valence-electron chi connectivity index (χ3n) is 5.32. The molecule has 1 aliphatic rings. The molecule has 2 aromatic heterocycles. The van der Waals surface area contributed by atoms with Gasteiger partial charge >= 0.3 is 0 Å². The molecule has 3 heterocycles. The van der Waals surface area contributed by atoms with Crippen molar-refractivity contribution in [2.24, 2.45) is 0 Å². The summed E-state index contributed by atoms with van der Waals surface area (Å²) in [5.41, 5.74) is 3.07. The van der Waals surface area contributed by atoms with E-state index in [1.165, 1.54) is 11.3 Å². The number of fused-ring (bicyclic) bond motifs is 2. The third-order valence-corrected chi connectivity index (χ3v) is 6.28. The number of carbonyl (C=O) groups is 1. The maximum Gasteiger partial charge on any atom is 0.297 e. The fraction of sp³-hybridized carbons (Fsp3) is 0.208. The van der Waals surface area contributed by atoms with E-state index < -0.39 is 6.04 Å². The van der Waals surface area contributed by atoms with Crippen LogP contribution in [0.25, 0.3) is 11.0 Å². The number of aromatic nitrogens is 1. The Balaban J connectivity index is 1.80. The molecule has 0 fully saturated rings. The average Bonchev–Trinajstić information content (AvgIpc) is 3.30. The van der Waals surface area contributed by atoms with Crippen LogP contribution in [-0.4, -0.2) is 17.5 Å². The standard InChI is InChI=1S/C24H20N2O4S/c1-4-29-16-7-5-6-15(11-16)20-19-21(27)17-10-13(2)8-9-18(17)30-22(19)23(28)26(20)24-25-14(3)12-31-24/h5-12,20H,4H2,1-3H3/t20-/m0/s1. The van der Waals surface area contributed by atoms with Gasteiger partial charge in [0, 0.05) is 5.38 Å². The maximum absolute atomic E-state index is 13.6. The van der Waals surface area contributed by atoms with Crippen molar-refractivity contribution in [3.05, 3.63) is 86.2 Å². The van der Waals surface area contributed by atoms with E-state index in [-0.39, 0.29) is 17.1 Å². The van der Waals surface area contributed by atoms with Crippen molar-refractivity contribution >= 4 is 33.3 Å². The minimum Gasteiger partial charge on any atom is -0.494 e. The molecule has 1 aliphatic heterocycles. The van der Waals surface area contributed by atoms with Crippen LogP contribution >= 0.6 is 11.3 Å². The highest BCUT2D eigenvalue weighted by Crippen LogP contribution is 2.42. The Labute approximate surface area is 182 Å². The number of hydrogen-bond acceptors (Lipinski definition) is 6. The fourth-order valence-corrected chi connectivity index (χ4v) is 4.82. The molecule has 0 unspecified atom stereocenters. The lowest BCUT2D eigenvalue weighted by Gasteiger charge is -2.23. The van der Waals surface area contributed by atoms with Gasteiger partial charge in [0.2, 0.25) is 5.76 Å². The molecule has 0 aliphatic carbocycles. The molecule has 0 bridgehead atoms. The fourth-order valence-electron chi connectivity index (χ4n) is 3.99. The summed E-state index contributed by atoms with van der Waals surface area (Å²) in [5, 5.41) is 2.88. The lowest BCUT2D eigenvalue weighted by atomic mass is 9.98. The number of anilines is 1. The molecule has 7 heteroatoms. The highest BCUT2D eigenvalue weighted by atomic mass is 32.1. The molecule has 0 radical (unpaired) electrons. The van der Waals surface area contributed by atoms with Gasteiger partial charge in [-0.2, -0.15) is 0 Å². The van der Waals surface area contributed by atoms with Crippen LogP contribution in [0, 0.1) is 13.8 Å². The van der Waals surface area contributed by atoms with Crippen molar-refractivity contribution in [2.75, 3.05) is 11.5 Å². The Morgan fingerprint density at radius 1 is 1.16 bits per heavy atom. The Morgan fingerprint density at radius 2 is 2.00 bits per heavy atom. The summed E-state index contributed by atoms with van der Waals surface area (Å²) in [5.74, 6) is 0.383. The van der Waals surface area contributed by atoms with E-state index in [9.17, 15) is 9.59 Å². The number of ether oxygens (including phenoxy) is 1. The number of amides is 1. The Kier molecular flexibility index (Phi) is 4.63. The molecule has 0 spiro atoms. The normalized spacial score (nSPS) is 15.5. The van der Waals surface area contributed by atoms with Gasteiger partial charge in [0.15, 0.2) is 10.6 Å². The van der Waals surface area contributed by atoms with Crippen LogP contribution in [0.3, 0.4) is 0 Å². The lowest BCUT2D eigenvalue weighted by molar-refractivity contribution is 0.0971. The highest BCUT2D eigenvalue weighted by molar-refractivity contribution is 7.14. The van der Waals surface area contributed by atoms with Gasteiger partial charge in [0.1, 0.15) is 11.3 Å². The van der Waals surface area contributed by atoms with Crippen molar-refractivity contribution in [1.29, 1.82) is 0 Å². The molecule has 156 valence electrons. The molecule has 2 aromatic carbocycles. The summed E-state index contributed by atoms with van der Waals surface area (Å²) in [7, 11) is 0. The first-order valence-electron chi connectivity index (χ1n) is 10.0. The van der Waals surface area contributed by atoms with Gasteiger partial charge in [-0.3, -0.25) is 14.5 Å². The van der Waals surface area contributed by atoms with Crippen LogP contribution in [0.4, 0.5) is 5.13 Å². The van der Waals surface area contributed by atoms with Gasteiger partial charge in [-0.05, 0) is 50.6 Å². The van der Waals surface area contributed by atoms with Crippen LogP contribution in [0.15, 0.2) is 57.1 Å². The molecule has 5 rings (SSSR count). The summed E-state index contributed by atoms with van der Waals surface area (Å²) >= 11 is 1.37. The zero-order valence-electron chi connectivity index (χ0n) is 17.3. The zero-order valence-corrected chi connectivity index (χ0v) is 18.2. The van der Waals surface area contributed by atoms with Crippen molar-refractivity contribution < 1.29 is 13.9 Å². The lowest BCUT2D eigenvalue weighted by Crippen LogP contribution is -2.29. The smallest absolute Gasteiger partial charge is 0.297 e. The second kappa shape index (κ2) is 7.35. The van der Waals surface area contributed by atoms with Gasteiger partial charge in [0.05, 0.1) is 29.3 Å². The number of benzene rings is 2. The number of carbonyl (C=O) groups excluding carboxylic acids is 1. The molecule has 4 aromatic rings. The topological polar surface area (TPSA) is 72.6 Å². The summed E-state index contributed by atoms with van der Waals surface area (Å²) in [6.45, 7) is 6.23. The van der Waals surface area contributed by atoms with E-state index in [2.05, 4.69) is 4.98 Å². The minimum atomic E-state index is -0.644. The predicted molar refractivity (Wildman–Crippen MR) is 120 cm³/mol. The van der Waals surface area contributed by atoms with Gasteiger partial charge in [0.25, 0.3) is 5.91 Å². The largest absolute Gasteiger partial charge is 0.494 e. The van der Waals surface area contributed by atoms with E-state index in [0.29, 0.717) is 34.0 Å². The minimum absolute atomic E-state index is 0.0704. The number of hydrogen-bond donors (Lipinski definition) is 0. The van der Waals surface area contributed by atoms with Crippen molar-refractivity contribution in [3.63, 3.8) is 0 Å². The van der Waals surface area contributed by atoms with Crippen molar-refractivity contribution in [1.82, 2.24) is 4.98 Å². The number of rotatable bonds is 4. The molecule has 6 nitrogen and oxygen atoms in total. The molecule has 1 amide bonds. The van der Waals surface area contributed by atoms with E-state index in [4.69, 9.17) is 9.15 Å². The van der Waals surface area contributed by atoms with Gasteiger partial charge in [-0.1, -0.05) is 23.8 Å². The first-order chi connectivity index (χ1) is 15.0. The van der Waals surface area contributed by atoms with Gasteiger partial charge in [-0.15, -0.1) is 11.3 Å². The first-order valence-corrected chi connectivity index (χ1v) is 10.9. The van der Waals surface area contributed by atoms with E-state index in [1.807, 2.05) is 56.5 Å². The van der Waals surface area contributed by atoms with Crippen molar-refractivity contribution in [2.45, 2.75) is 26.8 Å². The van der Waals surface area contributed by atoms with E-state index in [0.717, 1.165) is 16.8 Å². The Hall–Kier alpha value is -3.45. The molecular weight excluding hydrogens is 412 g/mol. The molecule has 1 atom stereocenters. The summed E-state index contributed by atoms with van der Waals surface area (Å²) in [6, 6.07) is 12.2. The summed E-state index contributed by atoms with van der Waals surface area (Å²) in [4.78, 5) is 33.2. The van der Waals surface area contributed by atoms with Crippen LogP contribution in [0.5, 0.6) is 5.75 Å². The SMILES string of the molecule is CCOc1cccc([C@H]2c3c(oc4ccc(C)cc4c3=O)C(=O)N2c2nc(C)cs2)c1. The number of nitrogens with zero attached hydrogens (tertiary/aromatic N) is 2. The van der Waals surface area contributed by atoms with Crippen LogP contribution in [-0.2, 0) is 0 Å². The van der Waals surface area contributed by atoms with Gasteiger partial charge in [-0.25, -0.2) is 4.98 Å². The number of aryl methyl sites for hydroxylation is 2. The Morgan fingerprint density at radius 3 is 2.74 bits per heavy atom. The molecule has 0 saturated carbocycles. The first kappa shape index (κ1) is 19.5. The van der Waals surface area contributed by atoms with Crippen LogP contribution in [0.2, 0.25) is 0 Å². The second-order valence-electron chi connectivity index (χ2n) is 7.53. The van der Waals surface area contributed by atoms with Crippen LogP contribution in [0.1, 0.15) is 45.9 Å². The number of thiazole rings is 1. The summed E-state index contributed by atoms with van der Waals surface area (Å²) in [6.07, 6.45) is 0. The molecular formula is C24H20N2O4S. The van der Waals surface area contributed by atoms with Crippen LogP contribution < -0.4 is 15.1 Å². The second-order valence-corrected chi connectivity index (χ2v) is 8.36. The molecule has 31 heavy (non-hydrogen) atoms. The van der Waals surface area contributed by atoms with E-state index >= 15 is 0 Å². The Bertz CT molecular complexity index is 1390. The summed E-state index contributed by atoms with van der Waals surface area (Å²) < 4.78 is 11.7. The maximum atomic E-state index is 13.6.